The molecule has 0 bridgehead atoms. The fourth-order valence-electron chi connectivity index (χ4n) is 1.12. The van der Waals surface area contributed by atoms with Gasteiger partial charge < -0.3 is 4.74 Å². The molecule has 0 spiro atoms. The van der Waals surface area contributed by atoms with Crippen molar-refractivity contribution < 1.29 is 19.1 Å². The van der Waals surface area contributed by atoms with Crippen LogP contribution in [0.3, 0.4) is 0 Å². The number of imide groups is 1. The van der Waals surface area contributed by atoms with Crippen molar-refractivity contribution in [2.24, 2.45) is 0 Å². The summed E-state index contributed by atoms with van der Waals surface area (Å²) in [6.45, 7) is 2.64. The Kier molecular flexibility index (Phi) is 2.42. The highest BCUT2D eigenvalue weighted by atomic mass is 16.5. The summed E-state index contributed by atoms with van der Waals surface area (Å²) in [4.78, 5) is 32.7. The van der Waals surface area contributed by atoms with Gasteiger partial charge in [-0.15, -0.1) is 0 Å². The van der Waals surface area contributed by atoms with Crippen LogP contribution in [0.4, 0.5) is 0 Å². The maximum atomic E-state index is 11.0. The van der Waals surface area contributed by atoms with Crippen molar-refractivity contribution in [2.45, 2.75) is 26.0 Å². The summed E-state index contributed by atoms with van der Waals surface area (Å²) in [7, 11) is 0. The molecule has 0 N–H and O–H groups in total. The fraction of sp³-hybridized carbons (Fsp3) is 0.571. The lowest BCUT2D eigenvalue weighted by Gasteiger charge is -2.19. The van der Waals surface area contributed by atoms with E-state index in [-0.39, 0.29) is 24.7 Å². The fourth-order valence-corrected chi connectivity index (χ4v) is 1.12. The van der Waals surface area contributed by atoms with Gasteiger partial charge in [-0.25, -0.2) is 9.69 Å². The molecule has 1 aliphatic heterocycles. The van der Waals surface area contributed by atoms with Crippen LogP contribution >= 0.6 is 0 Å². The Balaban J connectivity index is 2.65. The molecule has 5 heteroatoms. The molecule has 1 aliphatic rings. The van der Waals surface area contributed by atoms with Gasteiger partial charge >= 0.3 is 6.47 Å². The van der Waals surface area contributed by atoms with E-state index in [1.54, 1.807) is 0 Å². The van der Waals surface area contributed by atoms with E-state index in [9.17, 15) is 14.4 Å². The molecular formula is C7H8NO4. The number of hydrogen-bond acceptors (Lipinski definition) is 4. The molecule has 1 heterocycles. The molecule has 1 fully saturated rings. The zero-order valence-corrected chi connectivity index (χ0v) is 6.57. The Morgan fingerprint density at radius 3 is 2.33 bits per heavy atom. The second-order valence-electron chi connectivity index (χ2n) is 2.46. The predicted octanol–water partition coefficient (Wildman–Crippen LogP) is -0.435. The standard InChI is InChI=1S/C7H8NO4/c1-5(12-4-9)8-6(10)2-3-7(8)11/h5H,2-3H2,1H3. The van der Waals surface area contributed by atoms with Gasteiger partial charge in [-0.3, -0.25) is 9.59 Å². The average molecular weight is 170 g/mol. The third-order valence-electron chi connectivity index (χ3n) is 1.67. The minimum atomic E-state index is -0.829. The van der Waals surface area contributed by atoms with Crippen molar-refractivity contribution >= 4 is 18.3 Å². The van der Waals surface area contributed by atoms with Gasteiger partial charge in [0.25, 0.3) is 0 Å². The molecular weight excluding hydrogens is 162 g/mol. The lowest BCUT2D eigenvalue weighted by molar-refractivity contribution is -0.147. The number of carbonyl (C=O) groups excluding carboxylic acids is 3. The van der Waals surface area contributed by atoms with E-state index in [1.165, 1.54) is 13.4 Å². The van der Waals surface area contributed by atoms with Crippen LogP contribution in [0.2, 0.25) is 0 Å². The molecule has 0 aromatic rings. The van der Waals surface area contributed by atoms with Crippen LogP contribution < -0.4 is 0 Å². The maximum absolute atomic E-state index is 11.0. The van der Waals surface area contributed by atoms with Crippen molar-refractivity contribution in [1.29, 1.82) is 0 Å². The molecule has 0 aliphatic carbocycles. The van der Waals surface area contributed by atoms with E-state index in [1.807, 2.05) is 0 Å². The summed E-state index contributed by atoms with van der Waals surface area (Å²) in [5.41, 5.74) is 0. The second kappa shape index (κ2) is 3.34. The molecule has 0 aromatic heterocycles. The van der Waals surface area contributed by atoms with Gasteiger partial charge in [0.2, 0.25) is 11.8 Å². The van der Waals surface area contributed by atoms with Crippen molar-refractivity contribution in [3.05, 3.63) is 0 Å². The average Bonchev–Trinajstić information content (AvgIpc) is 2.32. The monoisotopic (exact) mass is 170 g/mol. The molecule has 1 unspecified atom stereocenters. The molecule has 1 radical (unpaired) electrons. The summed E-state index contributed by atoms with van der Waals surface area (Å²) in [5, 5.41) is 0. The number of ether oxygens (including phenoxy) is 1. The first-order chi connectivity index (χ1) is 5.66. The highest BCUT2D eigenvalue weighted by Crippen LogP contribution is 2.15. The molecule has 0 aromatic carbocycles. The molecule has 5 nitrogen and oxygen atoms in total. The van der Waals surface area contributed by atoms with Crippen molar-refractivity contribution in [1.82, 2.24) is 4.90 Å². The van der Waals surface area contributed by atoms with Crippen LogP contribution in [-0.4, -0.2) is 29.4 Å². The maximum Gasteiger partial charge on any atom is 0.419 e. The Hall–Kier alpha value is -1.39. The number of nitrogens with zero attached hydrogens (tertiary/aromatic N) is 1. The lowest BCUT2D eigenvalue weighted by atomic mass is 10.4. The van der Waals surface area contributed by atoms with Gasteiger partial charge in [-0.2, -0.15) is 0 Å². The zero-order chi connectivity index (χ0) is 9.14. The molecule has 65 valence electrons. The Morgan fingerprint density at radius 2 is 1.92 bits per heavy atom. The van der Waals surface area contributed by atoms with Crippen LogP contribution in [0, 0.1) is 0 Å². The van der Waals surface area contributed by atoms with Gasteiger partial charge in [-0.05, 0) is 6.92 Å². The minimum absolute atomic E-state index is 0.200. The first-order valence-corrected chi connectivity index (χ1v) is 3.54. The van der Waals surface area contributed by atoms with E-state index < -0.39 is 6.23 Å². The highest BCUT2D eigenvalue weighted by Gasteiger charge is 2.33. The Morgan fingerprint density at radius 1 is 1.42 bits per heavy atom. The molecule has 1 atom stereocenters. The van der Waals surface area contributed by atoms with E-state index in [2.05, 4.69) is 4.74 Å². The lowest BCUT2D eigenvalue weighted by Crippen LogP contribution is -2.38. The second-order valence-corrected chi connectivity index (χ2v) is 2.46. The normalized spacial score (nSPS) is 19.6. The van der Waals surface area contributed by atoms with Gasteiger partial charge in [0, 0.05) is 12.8 Å². The third kappa shape index (κ3) is 1.44. The van der Waals surface area contributed by atoms with Gasteiger partial charge in [0.05, 0.1) is 0 Å². The van der Waals surface area contributed by atoms with Crippen molar-refractivity contribution in [3.8, 4) is 0 Å². The number of carbonyl (C=O) groups is 2. The number of rotatable bonds is 3. The SMILES string of the molecule is CC(O[C]=O)N1C(=O)CCC1=O. The molecule has 0 saturated carbocycles. The third-order valence-corrected chi connectivity index (χ3v) is 1.67. The Bertz CT molecular complexity index is 209. The van der Waals surface area contributed by atoms with E-state index in [0.717, 1.165) is 4.90 Å². The smallest absolute Gasteiger partial charge is 0.419 e. The predicted molar refractivity (Wildman–Crippen MR) is 37.3 cm³/mol. The largest absolute Gasteiger partial charge is 0.433 e. The first-order valence-electron chi connectivity index (χ1n) is 3.54. The van der Waals surface area contributed by atoms with Crippen molar-refractivity contribution in [3.63, 3.8) is 0 Å². The summed E-state index contributed by atoms with van der Waals surface area (Å²) >= 11 is 0. The topological polar surface area (TPSA) is 63.7 Å². The van der Waals surface area contributed by atoms with Crippen LogP contribution in [-0.2, 0) is 19.1 Å². The summed E-state index contributed by atoms with van der Waals surface area (Å²) in [6.07, 6.45) is -0.429. The van der Waals surface area contributed by atoms with E-state index in [0.29, 0.717) is 0 Å². The van der Waals surface area contributed by atoms with E-state index >= 15 is 0 Å². The Labute approximate surface area is 69.3 Å². The first kappa shape index (κ1) is 8.70. The minimum Gasteiger partial charge on any atom is -0.433 e. The molecule has 12 heavy (non-hydrogen) atoms. The van der Waals surface area contributed by atoms with Crippen LogP contribution in [0.1, 0.15) is 19.8 Å². The van der Waals surface area contributed by atoms with Gasteiger partial charge in [0.15, 0.2) is 6.23 Å². The zero-order valence-electron chi connectivity index (χ0n) is 6.57. The summed E-state index contributed by atoms with van der Waals surface area (Å²) < 4.78 is 4.35. The number of hydrogen-bond donors (Lipinski definition) is 0. The van der Waals surface area contributed by atoms with Gasteiger partial charge in [-0.1, -0.05) is 0 Å². The van der Waals surface area contributed by atoms with Crippen molar-refractivity contribution in [2.75, 3.05) is 0 Å². The highest BCUT2D eigenvalue weighted by molar-refractivity contribution is 6.02. The quantitative estimate of drug-likeness (QED) is 0.539. The van der Waals surface area contributed by atoms with E-state index in [4.69, 9.17) is 0 Å². The van der Waals surface area contributed by atoms with Gasteiger partial charge in [0.1, 0.15) is 0 Å². The van der Waals surface area contributed by atoms with Crippen LogP contribution in [0.15, 0.2) is 0 Å². The van der Waals surface area contributed by atoms with Crippen LogP contribution in [0.5, 0.6) is 0 Å². The molecule has 1 saturated heterocycles. The summed E-state index contributed by atoms with van der Waals surface area (Å²) in [5.74, 6) is -0.606. The van der Waals surface area contributed by atoms with Crippen LogP contribution in [0.25, 0.3) is 0 Å². The molecule has 2 amide bonds. The number of amides is 2. The summed E-state index contributed by atoms with van der Waals surface area (Å²) in [6, 6.07) is 0. The molecule has 1 rings (SSSR count). The number of likely N-dealkylation sites (tertiary alicyclic amines) is 1.